The zero-order chi connectivity index (χ0) is 16.1. The molecule has 5 nitrogen and oxygen atoms in total. The number of hydrogen-bond acceptors (Lipinski definition) is 4. The van der Waals surface area contributed by atoms with Gasteiger partial charge in [-0.05, 0) is 31.9 Å². The third-order valence-electron chi connectivity index (χ3n) is 4.30. The van der Waals surface area contributed by atoms with Crippen molar-refractivity contribution in [2.45, 2.75) is 57.9 Å². The minimum Gasteiger partial charge on any atom is -0.421 e. The summed E-state index contributed by atoms with van der Waals surface area (Å²) in [5, 5.41) is 11.2. The molecular formula is C18H23N3O2. The molecule has 0 saturated heterocycles. The van der Waals surface area contributed by atoms with E-state index in [1.54, 1.807) is 0 Å². The van der Waals surface area contributed by atoms with Gasteiger partial charge in [0.1, 0.15) is 0 Å². The number of nitrogens with one attached hydrogen (secondary N) is 1. The van der Waals surface area contributed by atoms with Crippen molar-refractivity contribution in [3.05, 3.63) is 35.7 Å². The lowest BCUT2D eigenvalue weighted by Crippen LogP contribution is -2.36. The number of rotatable bonds is 5. The maximum atomic E-state index is 12.0. The second-order valence-electron chi connectivity index (χ2n) is 6.27. The highest BCUT2D eigenvalue weighted by molar-refractivity contribution is 5.76. The lowest BCUT2D eigenvalue weighted by molar-refractivity contribution is -0.122. The molecule has 1 aliphatic rings. The van der Waals surface area contributed by atoms with Crippen molar-refractivity contribution >= 4 is 5.91 Å². The minimum atomic E-state index is 0.0759. The lowest BCUT2D eigenvalue weighted by atomic mass is 9.95. The fourth-order valence-corrected chi connectivity index (χ4v) is 2.93. The number of amides is 1. The number of nitrogens with zero attached hydrogens (tertiary/aromatic N) is 2. The molecule has 5 heteroatoms. The Morgan fingerprint density at radius 1 is 1.17 bits per heavy atom. The maximum Gasteiger partial charge on any atom is 0.247 e. The molecule has 0 aliphatic heterocycles. The summed E-state index contributed by atoms with van der Waals surface area (Å²) >= 11 is 0. The van der Waals surface area contributed by atoms with Gasteiger partial charge in [-0.15, -0.1) is 10.2 Å². The summed E-state index contributed by atoms with van der Waals surface area (Å²) in [6, 6.07) is 8.29. The summed E-state index contributed by atoms with van der Waals surface area (Å²) in [4.78, 5) is 12.0. The van der Waals surface area contributed by atoms with Crippen molar-refractivity contribution in [2.24, 2.45) is 0 Å². The fourth-order valence-electron chi connectivity index (χ4n) is 2.93. The van der Waals surface area contributed by atoms with Crippen LogP contribution in [0.2, 0.25) is 0 Å². The van der Waals surface area contributed by atoms with Gasteiger partial charge < -0.3 is 9.73 Å². The van der Waals surface area contributed by atoms with Gasteiger partial charge in [-0.2, -0.15) is 0 Å². The monoisotopic (exact) mass is 313 g/mol. The molecule has 1 aromatic carbocycles. The van der Waals surface area contributed by atoms with E-state index in [2.05, 4.69) is 15.5 Å². The van der Waals surface area contributed by atoms with Crippen LogP contribution in [0, 0.1) is 6.92 Å². The summed E-state index contributed by atoms with van der Waals surface area (Å²) in [7, 11) is 0. The quantitative estimate of drug-likeness (QED) is 0.918. The molecule has 0 spiro atoms. The molecule has 23 heavy (non-hydrogen) atoms. The Labute approximate surface area is 136 Å². The maximum absolute atomic E-state index is 12.0. The van der Waals surface area contributed by atoms with Crippen molar-refractivity contribution in [2.75, 3.05) is 0 Å². The van der Waals surface area contributed by atoms with Gasteiger partial charge in [-0.3, -0.25) is 4.79 Å². The van der Waals surface area contributed by atoms with Crippen LogP contribution in [0.25, 0.3) is 11.5 Å². The van der Waals surface area contributed by atoms with Crippen LogP contribution < -0.4 is 5.32 Å². The van der Waals surface area contributed by atoms with Gasteiger partial charge in [0.05, 0.1) is 0 Å². The van der Waals surface area contributed by atoms with E-state index in [1.165, 1.54) is 24.8 Å². The SMILES string of the molecule is Cc1ccc(-c2nnc(CCC(=O)NC3CCCCC3)o2)cc1. The van der Waals surface area contributed by atoms with Gasteiger partial charge in [0.25, 0.3) is 0 Å². The van der Waals surface area contributed by atoms with E-state index in [1.807, 2.05) is 31.2 Å². The van der Waals surface area contributed by atoms with Gasteiger partial charge in [0, 0.05) is 24.4 Å². The molecule has 1 amide bonds. The van der Waals surface area contributed by atoms with Crippen molar-refractivity contribution < 1.29 is 9.21 Å². The number of carbonyl (C=O) groups excluding carboxylic acids is 1. The van der Waals surface area contributed by atoms with Crippen molar-refractivity contribution in [1.29, 1.82) is 0 Å². The number of carbonyl (C=O) groups is 1. The van der Waals surface area contributed by atoms with Gasteiger partial charge in [-0.1, -0.05) is 37.0 Å². The lowest BCUT2D eigenvalue weighted by Gasteiger charge is -2.22. The number of benzene rings is 1. The predicted octanol–water partition coefficient (Wildman–Crippen LogP) is 3.43. The number of aromatic nitrogens is 2. The molecule has 1 saturated carbocycles. The Hall–Kier alpha value is -2.17. The predicted molar refractivity (Wildman–Crippen MR) is 87.8 cm³/mol. The van der Waals surface area contributed by atoms with Crippen LogP contribution >= 0.6 is 0 Å². The second kappa shape index (κ2) is 7.40. The molecular weight excluding hydrogens is 290 g/mol. The number of hydrogen-bond donors (Lipinski definition) is 1. The molecule has 0 bridgehead atoms. The molecule has 122 valence electrons. The Bertz CT molecular complexity index is 643. The molecule has 1 aliphatic carbocycles. The Kier molecular flexibility index (Phi) is 5.05. The Morgan fingerprint density at radius 2 is 1.91 bits per heavy atom. The van der Waals surface area contributed by atoms with Crippen molar-refractivity contribution in [1.82, 2.24) is 15.5 Å². The molecule has 1 N–H and O–H groups in total. The van der Waals surface area contributed by atoms with E-state index >= 15 is 0 Å². The first-order valence-corrected chi connectivity index (χ1v) is 8.39. The van der Waals surface area contributed by atoms with Crippen molar-refractivity contribution in [3.63, 3.8) is 0 Å². The highest BCUT2D eigenvalue weighted by atomic mass is 16.4. The van der Waals surface area contributed by atoms with Gasteiger partial charge in [-0.25, -0.2) is 0 Å². The normalized spacial score (nSPS) is 15.5. The molecule has 2 aromatic rings. The smallest absolute Gasteiger partial charge is 0.247 e. The second-order valence-corrected chi connectivity index (χ2v) is 6.27. The van der Waals surface area contributed by atoms with E-state index in [0.717, 1.165) is 18.4 Å². The van der Waals surface area contributed by atoms with Crippen LogP contribution in [-0.4, -0.2) is 22.1 Å². The zero-order valence-corrected chi connectivity index (χ0v) is 13.5. The average Bonchev–Trinajstić information content (AvgIpc) is 3.04. The van der Waals surface area contributed by atoms with Gasteiger partial charge >= 0.3 is 0 Å². The van der Waals surface area contributed by atoms with Gasteiger partial charge in [0.2, 0.25) is 17.7 Å². The van der Waals surface area contributed by atoms with Crippen LogP contribution in [0.3, 0.4) is 0 Å². The first-order valence-electron chi connectivity index (χ1n) is 8.39. The number of aryl methyl sites for hydroxylation is 2. The molecule has 0 unspecified atom stereocenters. The fraction of sp³-hybridized carbons (Fsp3) is 0.500. The first-order chi connectivity index (χ1) is 11.2. The van der Waals surface area contributed by atoms with E-state index in [9.17, 15) is 4.79 Å². The largest absolute Gasteiger partial charge is 0.421 e. The molecule has 1 fully saturated rings. The summed E-state index contributed by atoms with van der Waals surface area (Å²) < 4.78 is 5.65. The van der Waals surface area contributed by atoms with Crippen LogP contribution in [0.15, 0.2) is 28.7 Å². The third kappa shape index (κ3) is 4.41. The third-order valence-corrected chi connectivity index (χ3v) is 4.30. The van der Waals surface area contributed by atoms with Crippen LogP contribution in [-0.2, 0) is 11.2 Å². The highest BCUT2D eigenvalue weighted by Crippen LogP contribution is 2.19. The molecule has 0 atom stereocenters. The van der Waals surface area contributed by atoms with Crippen LogP contribution in [0.5, 0.6) is 0 Å². The van der Waals surface area contributed by atoms with E-state index < -0.39 is 0 Å². The average molecular weight is 313 g/mol. The minimum absolute atomic E-state index is 0.0759. The molecule has 1 heterocycles. The molecule has 3 rings (SSSR count). The zero-order valence-electron chi connectivity index (χ0n) is 13.5. The highest BCUT2D eigenvalue weighted by Gasteiger charge is 2.16. The molecule has 1 aromatic heterocycles. The molecule has 0 radical (unpaired) electrons. The topological polar surface area (TPSA) is 68.0 Å². The summed E-state index contributed by atoms with van der Waals surface area (Å²) in [6.07, 6.45) is 6.80. The van der Waals surface area contributed by atoms with E-state index in [4.69, 9.17) is 4.42 Å². The van der Waals surface area contributed by atoms with Gasteiger partial charge in [0.15, 0.2) is 0 Å². The van der Waals surface area contributed by atoms with E-state index in [-0.39, 0.29) is 5.91 Å². The first kappa shape index (κ1) is 15.7. The summed E-state index contributed by atoms with van der Waals surface area (Å²) in [5.41, 5.74) is 2.09. The van der Waals surface area contributed by atoms with Crippen molar-refractivity contribution in [3.8, 4) is 11.5 Å². The Morgan fingerprint density at radius 3 is 2.65 bits per heavy atom. The van der Waals surface area contributed by atoms with Crippen LogP contribution in [0.1, 0.15) is 50.0 Å². The standard InChI is InChI=1S/C18H23N3O2/c1-13-7-9-14(10-8-13)18-21-20-17(23-18)12-11-16(22)19-15-5-3-2-4-6-15/h7-10,15H,2-6,11-12H2,1H3,(H,19,22). The van der Waals surface area contributed by atoms with E-state index in [0.29, 0.717) is 30.7 Å². The summed E-state index contributed by atoms with van der Waals surface area (Å²) in [6.45, 7) is 2.04. The van der Waals surface area contributed by atoms with Crippen LogP contribution in [0.4, 0.5) is 0 Å². The Balaban J connectivity index is 1.50. The summed E-state index contributed by atoms with van der Waals surface area (Å²) in [5.74, 6) is 1.10.